The monoisotopic (exact) mass is 164 g/mol. The minimum atomic E-state index is 0.300. The molecule has 4 heteroatoms. The zero-order chi connectivity index (χ0) is 8.55. The summed E-state index contributed by atoms with van der Waals surface area (Å²) in [5.41, 5.74) is 6.86. The Hall–Kier alpha value is -1.68. The zero-order valence-electron chi connectivity index (χ0n) is 6.24. The molecule has 1 aromatic heterocycles. The maximum Gasteiger partial charge on any atom is 0.197 e. The molecule has 1 aromatic carbocycles. The summed E-state index contributed by atoms with van der Waals surface area (Å²) >= 11 is 0. The average molecular weight is 164 g/mol. The second-order valence-corrected chi connectivity index (χ2v) is 2.51. The van der Waals surface area contributed by atoms with Crippen LogP contribution in [0.15, 0.2) is 24.4 Å². The van der Waals surface area contributed by atoms with Gasteiger partial charge in [0.1, 0.15) is 0 Å². The highest BCUT2D eigenvalue weighted by Crippen LogP contribution is 2.30. The summed E-state index contributed by atoms with van der Waals surface area (Å²) in [6.07, 6.45) is 1.76. The molecule has 0 aliphatic heterocycles. The number of nitrogen functional groups attached to an aromatic ring is 1. The van der Waals surface area contributed by atoms with Gasteiger partial charge in [0.05, 0.1) is 5.69 Å². The molecule has 0 unspecified atom stereocenters. The van der Waals surface area contributed by atoms with Crippen molar-refractivity contribution in [1.82, 2.24) is 4.98 Å². The average Bonchev–Trinajstić information content (AvgIpc) is 2.52. The van der Waals surface area contributed by atoms with Gasteiger partial charge in [-0.25, -0.2) is 5.26 Å². The molecule has 0 saturated heterocycles. The molecule has 2 aromatic rings. The number of aromatic nitrogens is 1. The molecule has 1 heterocycles. The van der Waals surface area contributed by atoms with Crippen molar-refractivity contribution in [1.29, 1.82) is 0 Å². The number of aromatic amines is 1. The van der Waals surface area contributed by atoms with Crippen LogP contribution in [0.5, 0.6) is 5.75 Å². The van der Waals surface area contributed by atoms with Crippen molar-refractivity contribution in [3.63, 3.8) is 0 Å². The lowest BCUT2D eigenvalue weighted by Crippen LogP contribution is -1.92. The van der Waals surface area contributed by atoms with E-state index >= 15 is 0 Å². The van der Waals surface area contributed by atoms with Gasteiger partial charge in [-0.15, -0.1) is 0 Å². The van der Waals surface area contributed by atoms with E-state index in [2.05, 4.69) is 9.87 Å². The molecule has 0 fully saturated rings. The highest BCUT2D eigenvalue weighted by atomic mass is 17.1. The first kappa shape index (κ1) is 7.00. The number of nitrogens with two attached hydrogens (primary N) is 1. The SMILES string of the molecule is Nc1ccc2[nH]ccc2c1OO. The molecule has 0 saturated carbocycles. The summed E-state index contributed by atoms with van der Waals surface area (Å²) in [4.78, 5) is 7.15. The molecule has 0 bridgehead atoms. The quantitative estimate of drug-likeness (QED) is 0.340. The summed E-state index contributed by atoms with van der Waals surface area (Å²) in [6, 6.07) is 5.29. The third-order valence-corrected chi connectivity index (χ3v) is 1.81. The Balaban J connectivity index is 2.83. The summed E-state index contributed by atoms with van der Waals surface area (Å²) < 4.78 is 0. The van der Waals surface area contributed by atoms with E-state index in [0.29, 0.717) is 11.4 Å². The van der Waals surface area contributed by atoms with Crippen molar-refractivity contribution >= 4 is 16.6 Å². The Kier molecular flexibility index (Phi) is 1.41. The molecule has 0 aliphatic rings. The van der Waals surface area contributed by atoms with Gasteiger partial charge >= 0.3 is 0 Å². The number of hydrogen-bond donors (Lipinski definition) is 3. The Morgan fingerprint density at radius 2 is 2.17 bits per heavy atom. The summed E-state index contributed by atoms with van der Waals surface area (Å²) in [7, 11) is 0. The molecule has 2 rings (SSSR count). The third kappa shape index (κ3) is 0.820. The Labute approximate surface area is 68.5 Å². The largest absolute Gasteiger partial charge is 0.396 e. The second kappa shape index (κ2) is 2.42. The molecular formula is C8H8N2O2. The van der Waals surface area contributed by atoms with E-state index in [-0.39, 0.29) is 0 Å². The number of hydrogen-bond acceptors (Lipinski definition) is 3. The number of nitrogens with one attached hydrogen (secondary N) is 1. The Bertz CT molecular complexity index is 408. The van der Waals surface area contributed by atoms with Crippen molar-refractivity contribution < 1.29 is 10.1 Å². The molecule has 4 nitrogen and oxygen atoms in total. The summed E-state index contributed by atoms with van der Waals surface area (Å²) in [5, 5.41) is 9.32. The van der Waals surface area contributed by atoms with Crippen LogP contribution in [0.3, 0.4) is 0 Å². The minimum Gasteiger partial charge on any atom is -0.396 e. The number of H-pyrrole nitrogens is 1. The zero-order valence-corrected chi connectivity index (χ0v) is 6.24. The minimum absolute atomic E-state index is 0.300. The van der Waals surface area contributed by atoms with Crippen LogP contribution >= 0.6 is 0 Å². The highest BCUT2D eigenvalue weighted by Gasteiger charge is 2.06. The Morgan fingerprint density at radius 3 is 2.92 bits per heavy atom. The van der Waals surface area contributed by atoms with Gasteiger partial charge in [0, 0.05) is 17.1 Å². The fourth-order valence-corrected chi connectivity index (χ4v) is 1.22. The molecule has 0 aliphatic carbocycles. The van der Waals surface area contributed by atoms with E-state index in [1.165, 1.54) is 0 Å². The van der Waals surface area contributed by atoms with Gasteiger partial charge in [-0.3, -0.25) is 0 Å². The first-order valence-electron chi connectivity index (χ1n) is 3.50. The van der Waals surface area contributed by atoms with Crippen molar-refractivity contribution in [2.75, 3.05) is 5.73 Å². The number of rotatable bonds is 1. The lowest BCUT2D eigenvalue weighted by atomic mass is 10.2. The van der Waals surface area contributed by atoms with Crippen molar-refractivity contribution in [3.8, 4) is 5.75 Å². The normalized spacial score (nSPS) is 10.4. The van der Waals surface area contributed by atoms with E-state index in [4.69, 9.17) is 11.0 Å². The van der Waals surface area contributed by atoms with Crippen LogP contribution in [0.25, 0.3) is 10.9 Å². The fourth-order valence-electron chi connectivity index (χ4n) is 1.22. The standard InChI is InChI=1S/C8H8N2O2/c9-6-1-2-7-5(3-4-10-7)8(6)12-11/h1-4,10-11H,9H2. The summed E-state index contributed by atoms with van der Waals surface area (Å²) in [6.45, 7) is 0. The van der Waals surface area contributed by atoms with Crippen LogP contribution in [0.1, 0.15) is 0 Å². The molecule has 0 amide bonds. The van der Waals surface area contributed by atoms with Crippen molar-refractivity contribution in [3.05, 3.63) is 24.4 Å². The van der Waals surface area contributed by atoms with Gasteiger partial charge in [-0.05, 0) is 18.2 Å². The lowest BCUT2D eigenvalue weighted by molar-refractivity contribution is -0.135. The van der Waals surface area contributed by atoms with Crippen LogP contribution in [0.4, 0.5) is 5.69 Å². The highest BCUT2D eigenvalue weighted by molar-refractivity contribution is 5.90. The first-order valence-corrected chi connectivity index (χ1v) is 3.50. The third-order valence-electron chi connectivity index (χ3n) is 1.81. The molecule has 0 radical (unpaired) electrons. The van der Waals surface area contributed by atoms with Gasteiger partial charge in [0.2, 0.25) is 0 Å². The topological polar surface area (TPSA) is 71.3 Å². The van der Waals surface area contributed by atoms with Crippen LogP contribution in [-0.4, -0.2) is 10.2 Å². The van der Waals surface area contributed by atoms with Crippen molar-refractivity contribution in [2.45, 2.75) is 0 Å². The van der Waals surface area contributed by atoms with Gasteiger partial charge in [-0.2, -0.15) is 0 Å². The first-order chi connectivity index (χ1) is 5.83. The molecule has 12 heavy (non-hydrogen) atoms. The number of benzene rings is 1. The van der Waals surface area contributed by atoms with E-state index in [9.17, 15) is 0 Å². The van der Waals surface area contributed by atoms with E-state index in [0.717, 1.165) is 10.9 Å². The summed E-state index contributed by atoms with van der Waals surface area (Å²) in [5.74, 6) is 0.300. The van der Waals surface area contributed by atoms with Gasteiger partial charge in [-0.1, -0.05) is 0 Å². The van der Waals surface area contributed by atoms with Crippen LogP contribution in [-0.2, 0) is 0 Å². The predicted molar refractivity (Wildman–Crippen MR) is 46.0 cm³/mol. The lowest BCUT2D eigenvalue weighted by Gasteiger charge is -2.01. The van der Waals surface area contributed by atoms with Gasteiger partial charge < -0.3 is 15.6 Å². The number of fused-ring (bicyclic) bond motifs is 1. The van der Waals surface area contributed by atoms with Gasteiger partial charge in [0.25, 0.3) is 0 Å². The van der Waals surface area contributed by atoms with Crippen LogP contribution < -0.4 is 10.6 Å². The molecule has 4 N–H and O–H groups in total. The van der Waals surface area contributed by atoms with Crippen LogP contribution in [0, 0.1) is 0 Å². The molecule has 62 valence electrons. The van der Waals surface area contributed by atoms with Gasteiger partial charge in [0.15, 0.2) is 5.75 Å². The maximum atomic E-state index is 8.54. The predicted octanol–water partition coefficient (Wildman–Crippen LogP) is 1.60. The van der Waals surface area contributed by atoms with E-state index in [1.807, 2.05) is 6.07 Å². The van der Waals surface area contributed by atoms with Crippen molar-refractivity contribution in [2.24, 2.45) is 0 Å². The van der Waals surface area contributed by atoms with Crippen LogP contribution in [0.2, 0.25) is 0 Å². The smallest absolute Gasteiger partial charge is 0.197 e. The molecular weight excluding hydrogens is 156 g/mol. The fraction of sp³-hybridized carbons (Fsp3) is 0. The van der Waals surface area contributed by atoms with E-state index in [1.54, 1.807) is 18.3 Å². The maximum absolute atomic E-state index is 8.54. The Morgan fingerprint density at radius 1 is 1.33 bits per heavy atom. The number of anilines is 1. The molecule has 0 atom stereocenters. The van der Waals surface area contributed by atoms with E-state index < -0.39 is 0 Å². The molecule has 0 spiro atoms. The second-order valence-electron chi connectivity index (χ2n) is 2.51.